The molecule has 178 valence electrons. The minimum atomic E-state index is -1.33. The van der Waals surface area contributed by atoms with Crippen molar-refractivity contribution < 1.29 is 29.0 Å². The molecule has 3 atom stereocenters. The van der Waals surface area contributed by atoms with Gasteiger partial charge in [0.05, 0.1) is 13.2 Å². The van der Waals surface area contributed by atoms with Crippen molar-refractivity contribution in [1.82, 2.24) is 10.6 Å². The van der Waals surface area contributed by atoms with Crippen LogP contribution in [0.4, 0.5) is 4.79 Å². The van der Waals surface area contributed by atoms with Crippen LogP contribution < -0.4 is 10.6 Å². The molecule has 0 radical (unpaired) electrons. The van der Waals surface area contributed by atoms with E-state index < -0.39 is 36.2 Å². The Kier molecular flexibility index (Phi) is 8.59. The lowest BCUT2D eigenvalue weighted by Crippen LogP contribution is -2.56. The number of methoxy groups -OCH3 is 1. The van der Waals surface area contributed by atoms with Crippen molar-refractivity contribution in [2.45, 2.75) is 38.1 Å². The first-order valence-electron chi connectivity index (χ1n) is 10.9. The van der Waals surface area contributed by atoms with Crippen LogP contribution in [0.2, 0.25) is 0 Å². The van der Waals surface area contributed by atoms with Crippen molar-refractivity contribution in [3.63, 3.8) is 0 Å². The Labute approximate surface area is 197 Å². The maximum atomic E-state index is 12.9. The summed E-state index contributed by atoms with van der Waals surface area (Å²) in [7, 11) is 1.23. The third-order valence-electron chi connectivity index (χ3n) is 5.31. The molecule has 0 aromatic heterocycles. The first-order chi connectivity index (χ1) is 16.4. The Balaban J connectivity index is 1.66. The SMILES string of the molecule is COC(=O)[C@H](Cc1ccc2ccccc2c1)NC(=O)[C@@H](NC(=O)OCc1ccccc1)[C@@H](C)O. The van der Waals surface area contributed by atoms with E-state index in [1.165, 1.54) is 14.0 Å². The summed E-state index contributed by atoms with van der Waals surface area (Å²) in [6.07, 6.45) is -1.92. The minimum absolute atomic E-state index is 0.00751. The summed E-state index contributed by atoms with van der Waals surface area (Å²) in [6, 6.07) is 20.2. The average molecular weight is 465 g/mol. The van der Waals surface area contributed by atoms with Crippen LogP contribution >= 0.6 is 0 Å². The van der Waals surface area contributed by atoms with Gasteiger partial charge in [-0.05, 0) is 28.8 Å². The van der Waals surface area contributed by atoms with E-state index in [1.54, 1.807) is 12.1 Å². The van der Waals surface area contributed by atoms with E-state index in [4.69, 9.17) is 9.47 Å². The Morgan fingerprint density at radius 3 is 2.24 bits per heavy atom. The van der Waals surface area contributed by atoms with Crippen molar-refractivity contribution in [2.24, 2.45) is 0 Å². The zero-order chi connectivity index (χ0) is 24.5. The molecule has 0 unspecified atom stereocenters. The molecule has 34 heavy (non-hydrogen) atoms. The van der Waals surface area contributed by atoms with Gasteiger partial charge in [0.25, 0.3) is 0 Å². The highest BCUT2D eigenvalue weighted by Crippen LogP contribution is 2.17. The maximum Gasteiger partial charge on any atom is 0.408 e. The van der Waals surface area contributed by atoms with Crippen LogP contribution in [0.5, 0.6) is 0 Å². The molecule has 3 aromatic rings. The lowest BCUT2D eigenvalue weighted by Gasteiger charge is -2.24. The third kappa shape index (κ3) is 6.79. The second-order valence-electron chi connectivity index (χ2n) is 7.89. The predicted octanol–water partition coefficient (Wildman–Crippen LogP) is 2.72. The first-order valence-corrected chi connectivity index (χ1v) is 10.9. The van der Waals surface area contributed by atoms with Gasteiger partial charge in [-0.3, -0.25) is 4.79 Å². The summed E-state index contributed by atoms with van der Waals surface area (Å²) in [5.41, 5.74) is 1.59. The zero-order valence-corrected chi connectivity index (χ0v) is 19.1. The molecule has 3 N–H and O–H groups in total. The number of carbonyl (C=O) groups excluding carboxylic acids is 3. The number of esters is 1. The van der Waals surface area contributed by atoms with E-state index in [1.807, 2.05) is 60.7 Å². The zero-order valence-electron chi connectivity index (χ0n) is 19.1. The van der Waals surface area contributed by atoms with Gasteiger partial charge in [0.2, 0.25) is 5.91 Å². The average Bonchev–Trinajstić information content (AvgIpc) is 2.85. The van der Waals surface area contributed by atoms with E-state index in [2.05, 4.69) is 10.6 Å². The topological polar surface area (TPSA) is 114 Å². The molecular weight excluding hydrogens is 436 g/mol. The number of alkyl carbamates (subject to hydrolysis) is 1. The van der Waals surface area contributed by atoms with Gasteiger partial charge in [0.1, 0.15) is 18.7 Å². The summed E-state index contributed by atoms with van der Waals surface area (Å²) < 4.78 is 9.99. The second kappa shape index (κ2) is 11.8. The van der Waals surface area contributed by atoms with Crippen molar-refractivity contribution in [3.8, 4) is 0 Å². The highest BCUT2D eigenvalue weighted by atomic mass is 16.5. The molecule has 8 nitrogen and oxygen atoms in total. The van der Waals surface area contributed by atoms with Gasteiger partial charge in [-0.25, -0.2) is 9.59 Å². The molecular formula is C26H28N2O6. The third-order valence-corrected chi connectivity index (χ3v) is 5.31. The number of benzene rings is 3. The molecule has 0 bridgehead atoms. The van der Waals surface area contributed by atoms with Gasteiger partial charge in [0, 0.05) is 6.42 Å². The second-order valence-corrected chi connectivity index (χ2v) is 7.89. The predicted molar refractivity (Wildman–Crippen MR) is 127 cm³/mol. The van der Waals surface area contributed by atoms with Crippen LogP contribution in [-0.4, -0.2) is 48.4 Å². The van der Waals surface area contributed by atoms with Crippen molar-refractivity contribution in [1.29, 1.82) is 0 Å². The minimum Gasteiger partial charge on any atom is -0.467 e. The summed E-state index contributed by atoms with van der Waals surface area (Å²) >= 11 is 0. The fraction of sp³-hybridized carbons (Fsp3) is 0.269. The Morgan fingerprint density at radius 1 is 0.882 bits per heavy atom. The van der Waals surface area contributed by atoms with Gasteiger partial charge in [0.15, 0.2) is 0 Å². The fourth-order valence-electron chi connectivity index (χ4n) is 3.50. The van der Waals surface area contributed by atoms with Gasteiger partial charge >= 0.3 is 12.1 Å². The molecule has 3 aromatic carbocycles. The molecule has 0 saturated carbocycles. The molecule has 2 amide bonds. The number of carbonyl (C=O) groups is 3. The molecule has 0 heterocycles. The number of aliphatic hydroxyl groups is 1. The van der Waals surface area contributed by atoms with Crippen LogP contribution in [0.15, 0.2) is 72.8 Å². The van der Waals surface area contributed by atoms with Crippen molar-refractivity contribution in [3.05, 3.63) is 83.9 Å². The number of rotatable bonds is 9. The van der Waals surface area contributed by atoms with Gasteiger partial charge < -0.3 is 25.2 Å². The smallest absolute Gasteiger partial charge is 0.408 e. The van der Waals surface area contributed by atoms with E-state index in [0.29, 0.717) is 0 Å². The fourth-order valence-corrected chi connectivity index (χ4v) is 3.50. The van der Waals surface area contributed by atoms with Gasteiger partial charge in [-0.2, -0.15) is 0 Å². The molecule has 0 aliphatic rings. The number of ether oxygens (including phenoxy) is 2. The molecule has 0 aliphatic carbocycles. The summed E-state index contributed by atoms with van der Waals surface area (Å²) in [4.78, 5) is 37.5. The van der Waals surface area contributed by atoms with E-state index in [-0.39, 0.29) is 13.0 Å². The highest BCUT2D eigenvalue weighted by molar-refractivity contribution is 5.90. The molecule has 0 spiro atoms. The van der Waals surface area contributed by atoms with Crippen molar-refractivity contribution in [2.75, 3.05) is 7.11 Å². The Morgan fingerprint density at radius 2 is 1.56 bits per heavy atom. The molecule has 8 heteroatoms. The van der Waals surface area contributed by atoms with Gasteiger partial charge in [-0.15, -0.1) is 0 Å². The number of fused-ring (bicyclic) bond motifs is 1. The van der Waals surface area contributed by atoms with E-state index >= 15 is 0 Å². The van der Waals surface area contributed by atoms with Crippen LogP contribution in [0.3, 0.4) is 0 Å². The van der Waals surface area contributed by atoms with Crippen molar-refractivity contribution >= 4 is 28.7 Å². The van der Waals surface area contributed by atoms with Crippen LogP contribution in [0.1, 0.15) is 18.1 Å². The first kappa shape index (κ1) is 24.7. The van der Waals surface area contributed by atoms with Crippen LogP contribution in [0.25, 0.3) is 10.8 Å². The lowest BCUT2D eigenvalue weighted by molar-refractivity contribution is -0.145. The largest absolute Gasteiger partial charge is 0.467 e. The highest BCUT2D eigenvalue weighted by Gasteiger charge is 2.30. The maximum absolute atomic E-state index is 12.9. The standard InChI is InChI=1S/C26H28N2O6/c1-17(29)23(28-26(32)34-16-18-8-4-3-5-9-18)24(30)27-22(25(31)33-2)15-19-12-13-20-10-6-7-11-21(20)14-19/h3-14,17,22-23,29H,15-16H2,1-2H3,(H,27,30)(H,28,32)/t17-,22+,23+/m1/s1. The number of hydrogen-bond acceptors (Lipinski definition) is 6. The van der Waals surface area contributed by atoms with E-state index in [0.717, 1.165) is 21.9 Å². The summed E-state index contributed by atoms with van der Waals surface area (Å²) in [5, 5.41) is 17.1. The summed E-state index contributed by atoms with van der Waals surface area (Å²) in [5.74, 6) is -1.37. The Bertz CT molecular complexity index is 1130. The normalized spacial score (nSPS) is 13.4. The molecule has 0 saturated heterocycles. The molecule has 0 aliphatic heterocycles. The molecule has 0 fully saturated rings. The van der Waals surface area contributed by atoms with Crippen LogP contribution in [0, 0.1) is 0 Å². The monoisotopic (exact) mass is 464 g/mol. The Hall–Kier alpha value is -3.91. The number of aliphatic hydroxyl groups excluding tert-OH is 1. The number of hydrogen-bond donors (Lipinski definition) is 3. The van der Waals surface area contributed by atoms with Crippen LogP contribution in [-0.2, 0) is 32.1 Å². The van der Waals surface area contributed by atoms with Gasteiger partial charge in [-0.1, -0.05) is 72.8 Å². The number of nitrogens with one attached hydrogen (secondary N) is 2. The summed E-state index contributed by atoms with van der Waals surface area (Å²) in [6.45, 7) is 1.37. The lowest BCUT2D eigenvalue weighted by atomic mass is 10.0. The quantitative estimate of drug-likeness (QED) is 0.420. The van der Waals surface area contributed by atoms with E-state index in [9.17, 15) is 19.5 Å². The molecule has 3 rings (SSSR count). The number of amides is 2.